The van der Waals surface area contributed by atoms with Crippen LogP contribution in [0.3, 0.4) is 0 Å². The van der Waals surface area contributed by atoms with Crippen molar-refractivity contribution in [2.45, 2.75) is 4.90 Å². The van der Waals surface area contributed by atoms with Crippen LogP contribution in [-0.2, 0) is 14.8 Å². The highest BCUT2D eigenvalue weighted by atomic mass is 32.2. The van der Waals surface area contributed by atoms with Crippen molar-refractivity contribution in [2.24, 2.45) is 0 Å². The molecule has 1 aromatic rings. The standard InChI is InChI=1S/C13H15N3O6S/c17-12-8-14-13(18)16(12)4-3-15-23(19,20)9-1-2-10-11(7-9)22-6-5-21-10/h1-2,7,15H,3-6,8H2,(H,14,18). The Kier molecular flexibility index (Phi) is 4.09. The number of sulfonamides is 1. The van der Waals surface area contributed by atoms with Crippen LogP contribution in [0.1, 0.15) is 0 Å². The number of urea groups is 1. The number of carbonyl (C=O) groups is 2. The van der Waals surface area contributed by atoms with Crippen molar-refractivity contribution in [1.82, 2.24) is 14.9 Å². The molecule has 3 amide bonds. The molecule has 2 aliphatic heterocycles. The zero-order chi connectivity index (χ0) is 16.4. The van der Waals surface area contributed by atoms with Crippen LogP contribution in [0.2, 0.25) is 0 Å². The number of nitrogens with zero attached hydrogens (tertiary/aromatic N) is 1. The first-order valence-corrected chi connectivity index (χ1v) is 8.43. The third kappa shape index (κ3) is 3.22. The first-order chi connectivity index (χ1) is 11.0. The van der Waals surface area contributed by atoms with E-state index in [0.29, 0.717) is 24.7 Å². The van der Waals surface area contributed by atoms with E-state index in [1.807, 2.05) is 0 Å². The van der Waals surface area contributed by atoms with Crippen molar-refractivity contribution < 1.29 is 27.5 Å². The number of ether oxygens (including phenoxy) is 2. The van der Waals surface area contributed by atoms with E-state index in [-0.39, 0.29) is 30.4 Å². The highest BCUT2D eigenvalue weighted by Crippen LogP contribution is 2.32. The summed E-state index contributed by atoms with van der Waals surface area (Å²) in [6.07, 6.45) is 0. The largest absolute Gasteiger partial charge is 0.486 e. The summed E-state index contributed by atoms with van der Waals surface area (Å²) in [6.45, 7) is 0.609. The fourth-order valence-electron chi connectivity index (χ4n) is 2.25. The molecule has 2 heterocycles. The van der Waals surface area contributed by atoms with Gasteiger partial charge >= 0.3 is 6.03 Å². The van der Waals surface area contributed by atoms with Crippen molar-refractivity contribution in [3.8, 4) is 11.5 Å². The maximum absolute atomic E-state index is 12.2. The van der Waals surface area contributed by atoms with Gasteiger partial charge in [0.15, 0.2) is 11.5 Å². The molecular weight excluding hydrogens is 326 g/mol. The van der Waals surface area contributed by atoms with Crippen LogP contribution in [0.4, 0.5) is 4.79 Å². The fraction of sp³-hybridized carbons (Fsp3) is 0.385. The van der Waals surface area contributed by atoms with Gasteiger partial charge in [0.2, 0.25) is 15.9 Å². The average Bonchev–Trinajstić information content (AvgIpc) is 2.86. The summed E-state index contributed by atoms with van der Waals surface area (Å²) in [6, 6.07) is 3.79. The Bertz CT molecular complexity index is 732. The summed E-state index contributed by atoms with van der Waals surface area (Å²) in [5.74, 6) is 0.483. The van der Waals surface area contributed by atoms with Crippen LogP contribution in [0.15, 0.2) is 23.1 Å². The minimum absolute atomic E-state index is 0.0268. The number of hydrogen-bond acceptors (Lipinski definition) is 6. The average molecular weight is 341 g/mol. The van der Waals surface area contributed by atoms with Gasteiger partial charge in [-0.15, -0.1) is 0 Å². The van der Waals surface area contributed by atoms with Crippen molar-refractivity contribution in [2.75, 3.05) is 32.8 Å². The normalized spacial score (nSPS) is 17.3. The number of nitrogens with one attached hydrogen (secondary N) is 2. The van der Waals surface area contributed by atoms with Crippen molar-refractivity contribution in [3.05, 3.63) is 18.2 Å². The van der Waals surface area contributed by atoms with Crippen molar-refractivity contribution >= 4 is 22.0 Å². The Morgan fingerprint density at radius 2 is 1.91 bits per heavy atom. The van der Waals surface area contributed by atoms with Gasteiger partial charge in [0.25, 0.3) is 0 Å². The molecule has 0 aliphatic carbocycles. The second-order valence-corrected chi connectivity index (χ2v) is 6.67. The van der Waals surface area contributed by atoms with Gasteiger partial charge in [0.05, 0.1) is 11.4 Å². The molecule has 0 spiro atoms. The molecule has 0 aromatic heterocycles. The van der Waals surface area contributed by atoms with Gasteiger partial charge in [0.1, 0.15) is 13.2 Å². The van der Waals surface area contributed by atoms with Crippen LogP contribution in [-0.4, -0.2) is 58.1 Å². The molecule has 10 heteroatoms. The fourth-order valence-corrected chi connectivity index (χ4v) is 3.28. The summed E-state index contributed by atoms with van der Waals surface area (Å²) < 4.78 is 37.5. The van der Waals surface area contributed by atoms with E-state index in [2.05, 4.69) is 10.0 Å². The summed E-state index contributed by atoms with van der Waals surface area (Å²) in [4.78, 5) is 23.8. The van der Waals surface area contributed by atoms with Crippen molar-refractivity contribution in [1.29, 1.82) is 0 Å². The van der Waals surface area contributed by atoms with Crippen molar-refractivity contribution in [3.63, 3.8) is 0 Å². The van der Waals surface area contributed by atoms with Gasteiger partial charge in [0, 0.05) is 19.2 Å². The SMILES string of the molecule is O=C1CNC(=O)N1CCNS(=O)(=O)c1ccc2c(c1)OCCO2. The first-order valence-electron chi connectivity index (χ1n) is 6.95. The second kappa shape index (κ2) is 6.05. The molecule has 0 bridgehead atoms. The van der Waals surface area contributed by atoms with Crippen LogP contribution in [0.5, 0.6) is 11.5 Å². The maximum atomic E-state index is 12.2. The topological polar surface area (TPSA) is 114 Å². The Hall–Kier alpha value is -2.33. The van der Waals surface area contributed by atoms with Crippen LogP contribution >= 0.6 is 0 Å². The maximum Gasteiger partial charge on any atom is 0.324 e. The quantitative estimate of drug-likeness (QED) is 0.684. The molecule has 2 aliphatic rings. The molecule has 1 fully saturated rings. The van der Waals surface area contributed by atoms with Gasteiger partial charge in [-0.1, -0.05) is 0 Å². The third-order valence-corrected chi connectivity index (χ3v) is 4.85. The molecule has 1 aromatic carbocycles. The molecule has 1 saturated heterocycles. The smallest absolute Gasteiger partial charge is 0.324 e. The van der Waals surface area contributed by atoms with E-state index in [1.54, 1.807) is 0 Å². The number of rotatable bonds is 5. The molecular formula is C13H15N3O6S. The summed E-state index contributed by atoms with van der Waals surface area (Å²) in [5, 5.41) is 2.36. The number of imide groups is 1. The molecule has 3 rings (SSSR count). The van der Waals surface area contributed by atoms with E-state index in [9.17, 15) is 18.0 Å². The number of fused-ring (bicyclic) bond motifs is 1. The van der Waals surface area contributed by atoms with Gasteiger partial charge in [-0.2, -0.15) is 0 Å². The van der Waals surface area contributed by atoms with E-state index in [4.69, 9.17) is 9.47 Å². The van der Waals surface area contributed by atoms with E-state index >= 15 is 0 Å². The molecule has 9 nitrogen and oxygen atoms in total. The molecule has 0 atom stereocenters. The molecule has 23 heavy (non-hydrogen) atoms. The molecule has 124 valence electrons. The van der Waals surface area contributed by atoms with Crippen LogP contribution in [0, 0.1) is 0 Å². The second-order valence-electron chi connectivity index (χ2n) is 4.91. The zero-order valence-electron chi connectivity index (χ0n) is 12.1. The molecule has 0 saturated carbocycles. The first kappa shape index (κ1) is 15.6. The third-order valence-electron chi connectivity index (χ3n) is 3.39. The Labute approximate surface area is 132 Å². The van der Waals surface area contributed by atoms with Gasteiger partial charge in [-0.3, -0.25) is 9.69 Å². The minimum Gasteiger partial charge on any atom is -0.486 e. The molecule has 0 unspecified atom stereocenters. The Morgan fingerprint density at radius 1 is 1.17 bits per heavy atom. The summed E-state index contributed by atoms with van der Waals surface area (Å²) >= 11 is 0. The lowest BCUT2D eigenvalue weighted by Gasteiger charge is -2.19. The van der Waals surface area contributed by atoms with Gasteiger partial charge < -0.3 is 14.8 Å². The number of amides is 3. The summed E-state index contributed by atoms with van der Waals surface area (Å²) in [7, 11) is -3.78. The lowest BCUT2D eigenvalue weighted by Crippen LogP contribution is -2.38. The van der Waals surface area contributed by atoms with E-state index in [0.717, 1.165) is 4.90 Å². The zero-order valence-corrected chi connectivity index (χ0v) is 12.9. The number of hydrogen-bond donors (Lipinski definition) is 2. The number of carbonyl (C=O) groups excluding carboxylic acids is 2. The van der Waals surface area contributed by atoms with Crippen LogP contribution in [0.25, 0.3) is 0 Å². The highest BCUT2D eigenvalue weighted by molar-refractivity contribution is 7.89. The number of benzene rings is 1. The lowest BCUT2D eigenvalue weighted by atomic mass is 10.3. The Morgan fingerprint density at radius 3 is 2.61 bits per heavy atom. The molecule has 2 N–H and O–H groups in total. The van der Waals surface area contributed by atoms with Crippen LogP contribution < -0.4 is 19.5 Å². The van der Waals surface area contributed by atoms with E-state index in [1.165, 1.54) is 18.2 Å². The predicted molar refractivity (Wildman–Crippen MR) is 77.7 cm³/mol. The minimum atomic E-state index is -3.78. The Balaban J connectivity index is 1.65. The predicted octanol–water partition coefficient (Wildman–Crippen LogP) is -0.712. The lowest BCUT2D eigenvalue weighted by molar-refractivity contribution is -0.124. The van der Waals surface area contributed by atoms with Gasteiger partial charge in [-0.25, -0.2) is 17.9 Å². The molecule has 0 radical (unpaired) electrons. The van der Waals surface area contributed by atoms with Gasteiger partial charge in [-0.05, 0) is 12.1 Å². The monoisotopic (exact) mass is 341 g/mol. The highest BCUT2D eigenvalue weighted by Gasteiger charge is 2.28. The summed E-state index contributed by atoms with van der Waals surface area (Å²) in [5.41, 5.74) is 0. The van der Waals surface area contributed by atoms with E-state index < -0.39 is 16.1 Å².